The fraction of sp³-hybridized carbons (Fsp3) is 0.333. The lowest BCUT2D eigenvalue weighted by molar-refractivity contribution is -0.143. The zero-order valence-electron chi connectivity index (χ0n) is 15.0. The molecule has 0 bridgehead atoms. The number of anilines is 1. The first-order valence-corrected chi connectivity index (χ1v) is 9.19. The van der Waals surface area contributed by atoms with E-state index in [2.05, 4.69) is 4.90 Å². The van der Waals surface area contributed by atoms with Crippen molar-refractivity contribution in [1.82, 2.24) is 4.90 Å². The van der Waals surface area contributed by atoms with Crippen molar-refractivity contribution in [3.63, 3.8) is 0 Å². The lowest BCUT2D eigenvalue weighted by Crippen LogP contribution is -2.43. The van der Waals surface area contributed by atoms with E-state index >= 15 is 0 Å². The number of carbonyl (C=O) groups is 2. The van der Waals surface area contributed by atoms with Crippen LogP contribution in [0.2, 0.25) is 0 Å². The molecular formula is C21H22N2O4. The molecule has 6 nitrogen and oxygen atoms in total. The molecule has 0 aromatic heterocycles. The Kier molecular flexibility index (Phi) is 4.81. The van der Waals surface area contributed by atoms with Crippen LogP contribution in [0.4, 0.5) is 5.69 Å². The summed E-state index contributed by atoms with van der Waals surface area (Å²) in [5.74, 6) is -1.24. The van der Waals surface area contributed by atoms with Gasteiger partial charge < -0.3 is 19.6 Å². The number of aliphatic carboxylic acids is 1. The number of carbonyl (C=O) groups excluding carboxylic acids is 1. The Bertz CT molecular complexity index is 844. The zero-order chi connectivity index (χ0) is 18.8. The van der Waals surface area contributed by atoms with Gasteiger partial charge in [-0.25, -0.2) is 4.79 Å². The maximum atomic E-state index is 13.0. The van der Waals surface area contributed by atoms with E-state index in [0.29, 0.717) is 37.3 Å². The third-order valence-electron chi connectivity index (χ3n) is 5.27. The number of rotatable bonds is 3. The molecule has 0 saturated carbocycles. The number of benzene rings is 2. The molecular weight excluding hydrogens is 344 g/mol. The molecule has 1 unspecified atom stereocenters. The molecule has 2 heterocycles. The van der Waals surface area contributed by atoms with Gasteiger partial charge in [-0.05, 0) is 41.8 Å². The summed E-state index contributed by atoms with van der Waals surface area (Å²) in [6.45, 7) is 3.47. The molecule has 2 aliphatic rings. The standard InChI is InChI=1S/C21H22N2O4/c24-20(16-5-7-17(8-6-16)22-11-13-27-14-12-22)23-10-9-15-3-1-2-4-18(15)19(23)21(25)26/h1-8,19H,9-14H2,(H,25,26). The van der Waals surface area contributed by atoms with Crippen LogP contribution in [0, 0.1) is 0 Å². The Labute approximate surface area is 158 Å². The van der Waals surface area contributed by atoms with E-state index < -0.39 is 12.0 Å². The van der Waals surface area contributed by atoms with E-state index in [0.717, 1.165) is 24.3 Å². The van der Waals surface area contributed by atoms with Crippen molar-refractivity contribution in [1.29, 1.82) is 0 Å². The number of ether oxygens (including phenoxy) is 1. The van der Waals surface area contributed by atoms with Crippen molar-refractivity contribution >= 4 is 17.6 Å². The molecule has 1 saturated heterocycles. The van der Waals surface area contributed by atoms with Crippen molar-refractivity contribution in [3.8, 4) is 0 Å². The number of hydrogen-bond donors (Lipinski definition) is 1. The number of carboxylic acids is 1. The first-order valence-electron chi connectivity index (χ1n) is 9.19. The summed E-state index contributed by atoms with van der Waals surface area (Å²) in [4.78, 5) is 28.6. The largest absolute Gasteiger partial charge is 0.479 e. The van der Waals surface area contributed by atoms with Gasteiger partial charge in [0.15, 0.2) is 6.04 Å². The van der Waals surface area contributed by atoms with Crippen molar-refractivity contribution in [2.45, 2.75) is 12.5 Å². The lowest BCUT2D eigenvalue weighted by atomic mass is 9.92. The quantitative estimate of drug-likeness (QED) is 0.903. The van der Waals surface area contributed by atoms with Gasteiger partial charge in [0.2, 0.25) is 0 Å². The molecule has 1 fully saturated rings. The van der Waals surface area contributed by atoms with E-state index in [-0.39, 0.29) is 5.91 Å². The Hall–Kier alpha value is -2.86. The van der Waals surface area contributed by atoms with Crippen molar-refractivity contribution in [2.75, 3.05) is 37.7 Å². The summed E-state index contributed by atoms with van der Waals surface area (Å²) in [5.41, 5.74) is 3.26. The zero-order valence-corrected chi connectivity index (χ0v) is 15.0. The minimum Gasteiger partial charge on any atom is -0.479 e. The summed E-state index contributed by atoms with van der Waals surface area (Å²) in [5, 5.41) is 9.75. The average molecular weight is 366 g/mol. The van der Waals surface area contributed by atoms with Gasteiger partial charge in [-0.2, -0.15) is 0 Å². The second-order valence-corrected chi connectivity index (χ2v) is 6.83. The van der Waals surface area contributed by atoms with Crippen LogP contribution in [0.15, 0.2) is 48.5 Å². The maximum Gasteiger partial charge on any atom is 0.331 e. The van der Waals surface area contributed by atoms with E-state index in [9.17, 15) is 14.7 Å². The Balaban J connectivity index is 1.57. The highest BCUT2D eigenvalue weighted by molar-refractivity contribution is 5.97. The minimum atomic E-state index is -1.000. The summed E-state index contributed by atoms with van der Waals surface area (Å²) in [6.07, 6.45) is 0.664. The second-order valence-electron chi connectivity index (χ2n) is 6.83. The van der Waals surface area contributed by atoms with Crippen LogP contribution in [0.25, 0.3) is 0 Å². The predicted molar refractivity (Wildman–Crippen MR) is 101 cm³/mol. The van der Waals surface area contributed by atoms with Crippen molar-refractivity contribution in [2.24, 2.45) is 0 Å². The van der Waals surface area contributed by atoms with Crippen LogP contribution >= 0.6 is 0 Å². The Morgan fingerprint density at radius 2 is 1.67 bits per heavy atom. The van der Waals surface area contributed by atoms with Gasteiger partial charge in [-0.3, -0.25) is 4.79 Å². The highest BCUT2D eigenvalue weighted by atomic mass is 16.5. The maximum absolute atomic E-state index is 13.0. The first kappa shape index (κ1) is 17.5. The number of morpholine rings is 1. The summed E-state index contributed by atoms with van der Waals surface area (Å²) in [6, 6.07) is 13.9. The smallest absolute Gasteiger partial charge is 0.331 e. The van der Waals surface area contributed by atoms with E-state index in [1.165, 1.54) is 4.90 Å². The van der Waals surface area contributed by atoms with Crippen LogP contribution in [0.5, 0.6) is 0 Å². The van der Waals surface area contributed by atoms with Gasteiger partial charge in [0.1, 0.15) is 0 Å². The van der Waals surface area contributed by atoms with Crippen LogP contribution in [-0.4, -0.2) is 54.7 Å². The van der Waals surface area contributed by atoms with Gasteiger partial charge in [-0.1, -0.05) is 24.3 Å². The van der Waals surface area contributed by atoms with E-state index in [1.54, 1.807) is 18.2 Å². The number of hydrogen-bond acceptors (Lipinski definition) is 4. The third-order valence-corrected chi connectivity index (χ3v) is 5.27. The van der Waals surface area contributed by atoms with Crippen LogP contribution in [-0.2, 0) is 16.0 Å². The summed E-state index contributed by atoms with van der Waals surface area (Å²) < 4.78 is 5.37. The molecule has 1 N–H and O–H groups in total. The van der Waals surface area contributed by atoms with Crippen LogP contribution in [0.1, 0.15) is 27.5 Å². The van der Waals surface area contributed by atoms with Gasteiger partial charge in [0.25, 0.3) is 5.91 Å². The number of nitrogens with zero attached hydrogens (tertiary/aromatic N) is 2. The van der Waals surface area contributed by atoms with Crippen molar-refractivity contribution in [3.05, 3.63) is 65.2 Å². The SMILES string of the molecule is O=C(O)C1c2ccccc2CCN1C(=O)c1ccc(N2CCOCC2)cc1. The predicted octanol–water partition coefficient (Wildman–Crippen LogP) is 2.35. The molecule has 2 aromatic rings. The molecule has 0 aliphatic carbocycles. The van der Waals surface area contributed by atoms with Gasteiger partial charge in [0.05, 0.1) is 13.2 Å². The molecule has 0 spiro atoms. The molecule has 1 amide bonds. The number of amides is 1. The molecule has 2 aromatic carbocycles. The number of fused-ring (bicyclic) bond motifs is 1. The number of carboxylic acid groups (broad SMARTS) is 1. The summed E-state index contributed by atoms with van der Waals surface area (Å²) >= 11 is 0. The van der Waals surface area contributed by atoms with Gasteiger partial charge in [0, 0.05) is 30.9 Å². The fourth-order valence-corrected chi connectivity index (χ4v) is 3.85. The monoisotopic (exact) mass is 366 g/mol. The third kappa shape index (κ3) is 3.40. The first-order chi connectivity index (χ1) is 13.1. The molecule has 140 valence electrons. The molecule has 6 heteroatoms. The lowest BCUT2D eigenvalue weighted by Gasteiger charge is -2.35. The molecule has 1 atom stereocenters. The Morgan fingerprint density at radius 3 is 2.37 bits per heavy atom. The normalized spacial score (nSPS) is 19.5. The Morgan fingerprint density at radius 1 is 0.963 bits per heavy atom. The topological polar surface area (TPSA) is 70.1 Å². The average Bonchev–Trinajstić information content (AvgIpc) is 2.73. The molecule has 2 aliphatic heterocycles. The minimum absolute atomic E-state index is 0.245. The van der Waals surface area contributed by atoms with Crippen LogP contribution in [0.3, 0.4) is 0 Å². The van der Waals surface area contributed by atoms with E-state index in [4.69, 9.17) is 4.74 Å². The highest BCUT2D eigenvalue weighted by Crippen LogP contribution is 2.31. The van der Waals surface area contributed by atoms with Gasteiger partial charge >= 0.3 is 5.97 Å². The molecule has 4 rings (SSSR count). The molecule has 27 heavy (non-hydrogen) atoms. The second kappa shape index (κ2) is 7.40. The molecule has 0 radical (unpaired) electrons. The summed E-state index contributed by atoms with van der Waals surface area (Å²) in [7, 11) is 0. The van der Waals surface area contributed by atoms with Gasteiger partial charge in [-0.15, -0.1) is 0 Å². The van der Waals surface area contributed by atoms with Crippen molar-refractivity contribution < 1.29 is 19.4 Å². The highest BCUT2D eigenvalue weighted by Gasteiger charge is 2.36. The van der Waals surface area contributed by atoms with E-state index in [1.807, 2.05) is 30.3 Å². The fourth-order valence-electron chi connectivity index (χ4n) is 3.85. The van der Waals surface area contributed by atoms with Crippen LogP contribution < -0.4 is 4.90 Å².